The molecule has 0 bridgehead atoms. The van der Waals surface area contributed by atoms with Gasteiger partial charge in [-0.25, -0.2) is 8.78 Å². The number of halogens is 3. The van der Waals surface area contributed by atoms with Gasteiger partial charge < -0.3 is 4.42 Å². The molecule has 0 aliphatic carbocycles. The average molecular weight is 351 g/mol. The summed E-state index contributed by atoms with van der Waals surface area (Å²) in [5.41, 5.74) is 1.29. The number of hydrogen-bond donors (Lipinski definition) is 0. The van der Waals surface area contributed by atoms with Gasteiger partial charge in [0.15, 0.2) is 17.4 Å². The lowest BCUT2D eigenvalue weighted by atomic mass is 10.0. The van der Waals surface area contributed by atoms with E-state index in [1.165, 1.54) is 6.07 Å². The van der Waals surface area contributed by atoms with Crippen LogP contribution in [-0.4, -0.2) is 5.78 Å². The molecule has 3 rings (SSSR count). The zero-order chi connectivity index (χ0) is 15.1. The van der Waals surface area contributed by atoms with Gasteiger partial charge in [-0.1, -0.05) is 15.9 Å². The molecule has 3 aromatic rings. The summed E-state index contributed by atoms with van der Waals surface area (Å²) >= 11 is 3.36. The lowest BCUT2D eigenvalue weighted by Crippen LogP contribution is -2.02. The average Bonchev–Trinajstić information content (AvgIpc) is 2.78. The van der Waals surface area contributed by atoms with Gasteiger partial charge in [0.25, 0.3) is 0 Å². The van der Waals surface area contributed by atoms with E-state index in [1.54, 1.807) is 19.1 Å². The number of furan rings is 1. The van der Waals surface area contributed by atoms with Crippen LogP contribution in [0.2, 0.25) is 0 Å². The minimum Gasteiger partial charge on any atom is -0.452 e. The van der Waals surface area contributed by atoms with E-state index < -0.39 is 17.4 Å². The normalized spacial score (nSPS) is 11.0. The van der Waals surface area contributed by atoms with Crippen LogP contribution < -0.4 is 0 Å². The number of carbonyl (C=O) groups excluding carboxylic acids is 1. The molecule has 1 aromatic heterocycles. The van der Waals surface area contributed by atoms with Crippen LogP contribution in [0.25, 0.3) is 11.0 Å². The van der Waals surface area contributed by atoms with Crippen molar-refractivity contribution in [2.75, 3.05) is 0 Å². The molecule has 0 saturated carbocycles. The van der Waals surface area contributed by atoms with E-state index >= 15 is 0 Å². The highest BCUT2D eigenvalue weighted by Gasteiger charge is 2.20. The highest BCUT2D eigenvalue weighted by Crippen LogP contribution is 2.29. The van der Waals surface area contributed by atoms with Crippen molar-refractivity contribution in [1.82, 2.24) is 0 Å². The molecule has 0 amide bonds. The summed E-state index contributed by atoms with van der Waals surface area (Å²) in [6.07, 6.45) is 0. The van der Waals surface area contributed by atoms with Crippen molar-refractivity contribution in [3.05, 3.63) is 69.4 Å². The third-order valence-corrected chi connectivity index (χ3v) is 3.78. The van der Waals surface area contributed by atoms with Gasteiger partial charge in [-0.05, 0) is 43.3 Å². The van der Waals surface area contributed by atoms with Crippen LogP contribution in [0.1, 0.15) is 21.7 Å². The second kappa shape index (κ2) is 5.07. The topological polar surface area (TPSA) is 30.2 Å². The molecule has 0 aliphatic heterocycles. The van der Waals surface area contributed by atoms with E-state index in [4.69, 9.17) is 4.42 Å². The summed E-state index contributed by atoms with van der Waals surface area (Å²) in [5.74, 6) is -2.39. The summed E-state index contributed by atoms with van der Waals surface area (Å²) in [4.78, 5) is 12.4. The number of ketones is 1. The largest absolute Gasteiger partial charge is 0.452 e. The quantitative estimate of drug-likeness (QED) is 0.608. The minimum atomic E-state index is -1.06. The van der Waals surface area contributed by atoms with E-state index in [0.29, 0.717) is 11.1 Å². The zero-order valence-electron chi connectivity index (χ0n) is 10.9. The Hall–Kier alpha value is -2.01. The first-order chi connectivity index (χ1) is 9.97. The maximum atomic E-state index is 13.2. The predicted molar refractivity (Wildman–Crippen MR) is 78.4 cm³/mol. The molecule has 0 unspecified atom stereocenters. The van der Waals surface area contributed by atoms with Gasteiger partial charge in [0.05, 0.1) is 0 Å². The Morgan fingerprint density at radius 1 is 1.10 bits per heavy atom. The monoisotopic (exact) mass is 350 g/mol. The fourth-order valence-electron chi connectivity index (χ4n) is 2.18. The van der Waals surface area contributed by atoms with E-state index in [9.17, 15) is 13.6 Å². The number of benzene rings is 2. The lowest BCUT2D eigenvalue weighted by molar-refractivity contribution is 0.101. The third kappa shape index (κ3) is 2.38. The van der Waals surface area contributed by atoms with Crippen LogP contribution in [-0.2, 0) is 0 Å². The zero-order valence-corrected chi connectivity index (χ0v) is 12.5. The molecule has 0 N–H and O–H groups in total. The number of rotatable bonds is 2. The summed E-state index contributed by atoms with van der Waals surface area (Å²) in [6, 6.07) is 8.43. The van der Waals surface area contributed by atoms with Gasteiger partial charge in [0.2, 0.25) is 5.78 Å². The molecule has 0 radical (unpaired) electrons. The van der Waals surface area contributed by atoms with Crippen LogP contribution >= 0.6 is 15.9 Å². The number of aryl methyl sites for hydroxylation is 1. The molecule has 1 heterocycles. The lowest BCUT2D eigenvalue weighted by Gasteiger charge is -2.00. The Labute approximate surface area is 127 Å². The molecular formula is C16H9BrF2O2. The highest BCUT2D eigenvalue weighted by molar-refractivity contribution is 9.10. The first-order valence-electron chi connectivity index (χ1n) is 6.16. The Bertz CT molecular complexity index is 868. The molecule has 106 valence electrons. The number of hydrogen-bond acceptors (Lipinski definition) is 2. The van der Waals surface area contributed by atoms with Crippen molar-refractivity contribution in [3.8, 4) is 0 Å². The molecule has 0 atom stereocenters. The Balaban J connectivity index is 2.13. The molecule has 0 aliphatic rings. The summed E-state index contributed by atoms with van der Waals surface area (Å²) < 4.78 is 32.6. The van der Waals surface area contributed by atoms with Crippen molar-refractivity contribution in [2.45, 2.75) is 6.92 Å². The van der Waals surface area contributed by atoms with Gasteiger partial charge in [0, 0.05) is 21.0 Å². The first-order valence-corrected chi connectivity index (χ1v) is 6.95. The fraction of sp³-hybridized carbons (Fsp3) is 0.0625. The molecule has 2 aromatic carbocycles. The predicted octanol–water partition coefficient (Wildman–Crippen LogP) is 5.01. The Kier molecular flexibility index (Phi) is 3.37. The molecule has 21 heavy (non-hydrogen) atoms. The summed E-state index contributed by atoms with van der Waals surface area (Å²) in [5, 5.41) is 0.801. The Morgan fingerprint density at radius 2 is 1.86 bits per heavy atom. The molecule has 2 nitrogen and oxygen atoms in total. The van der Waals surface area contributed by atoms with Crippen molar-refractivity contribution >= 4 is 32.7 Å². The maximum absolute atomic E-state index is 13.2. The second-order valence-electron chi connectivity index (χ2n) is 4.65. The number of carbonyl (C=O) groups is 1. The first kappa shape index (κ1) is 13.9. The van der Waals surface area contributed by atoms with Crippen molar-refractivity contribution < 1.29 is 18.0 Å². The van der Waals surface area contributed by atoms with E-state index in [0.717, 1.165) is 22.0 Å². The summed E-state index contributed by atoms with van der Waals surface area (Å²) in [7, 11) is 0. The molecule has 0 fully saturated rings. The van der Waals surface area contributed by atoms with Crippen LogP contribution in [0.5, 0.6) is 0 Å². The van der Waals surface area contributed by atoms with E-state index in [2.05, 4.69) is 15.9 Å². The van der Waals surface area contributed by atoms with Gasteiger partial charge in [-0.15, -0.1) is 0 Å². The van der Waals surface area contributed by atoms with Gasteiger partial charge in [0.1, 0.15) is 5.58 Å². The van der Waals surface area contributed by atoms with Gasteiger partial charge >= 0.3 is 0 Å². The van der Waals surface area contributed by atoms with E-state index in [-0.39, 0.29) is 11.3 Å². The van der Waals surface area contributed by atoms with Crippen LogP contribution in [0, 0.1) is 18.6 Å². The SMILES string of the molecule is Cc1c(C(=O)c2ccc(F)c(F)c2)oc2ccc(Br)cc12. The standard InChI is InChI=1S/C16H9BrF2O2/c1-8-11-7-10(17)3-5-14(11)21-16(8)15(20)9-2-4-12(18)13(19)6-9/h2-7H,1H3. The maximum Gasteiger partial charge on any atom is 0.228 e. The molecule has 0 saturated heterocycles. The minimum absolute atomic E-state index is 0.0510. The highest BCUT2D eigenvalue weighted by atomic mass is 79.9. The van der Waals surface area contributed by atoms with Crippen LogP contribution in [0.3, 0.4) is 0 Å². The van der Waals surface area contributed by atoms with Crippen molar-refractivity contribution in [2.24, 2.45) is 0 Å². The third-order valence-electron chi connectivity index (χ3n) is 3.29. The van der Waals surface area contributed by atoms with Crippen molar-refractivity contribution in [1.29, 1.82) is 0 Å². The van der Waals surface area contributed by atoms with Crippen molar-refractivity contribution in [3.63, 3.8) is 0 Å². The Morgan fingerprint density at radius 3 is 2.57 bits per heavy atom. The second-order valence-corrected chi connectivity index (χ2v) is 5.57. The fourth-order valence-corrected chi connectivity index (χ4v) is 2.54. The van der Waals surface area contributed by atoms with Gasteiger partial charge in [-0.2, -0.15) is 0 Å². The molecule has 5 heteroatoms. The van der Waals surface area contributed by atoms with Crippen LogP contribution in [0.15, 0.2) is 45.3 Å². The van der Waals surface area contributed by atoms with Crippen LogP contribution in [0.4, 0.5) is 8.78 Å². The smallest absolute Gasteiger partial charge is 0.228 e. The number of fused-ring (bicyclic) bond motifs is 1. The van der Waals surface area contributed by atoms with E-state index in [1.807, 2.05) is 6.07 Å². The van der Waals surface area contributed by atoms with Gasteiger partial charge in [-0.3, -0.25) is 4.79 Å². The summed E-state index contributed by atoms with van der Waals surface area (Å²) in [6.45, 7) is 1.76. The molecular weight excluding hydrogens is 342 g/mol. The molecule has 0 spiro atoms.